The van der Waals surface area contributed by atoms with Crippen molar-refractivity contribution >= 4 is 5.91 Å². The molecule has 90 valence electrons. The average Bonchev–Trinajstić information content (AvgIpc) is 2.80. The molecule has 2 aliphatic rings. The fraction of sp³-hybridized carbons (Fsp3) is 0.462. The fourth-order valence-corrected chi connectivity index (χ4v) is 2.75. The maximum absolute atomic E-state index is 14.4. The van der Waals surface area contributed by atoms with E-state index in [1.807, 2.05) is 30.3 Å². The lowest BCUT2D eigenvalue weighted by Crippen LogP contribution is -2.40. The Kier molecular flexibility index (Phi) is 2.40. The van der Waals surface area contributed by atoms with Gasteiger partial charge in [-0.05, 0) is 5.56 Å². The second kappa shape index (κ2) is 3.81. The highest BCUT2D eigenvalue weighted by Gasteiger charge is 2.57. The number of hydrogen-bond acceptors (Lipinski definition) is 2. The largest absolute Gasteiger partial charge is 0.335 e. The van der Waals surface area contributed by atoms with Crippen LogP contribution in [0.5, 0.6) is 0 Å². The molecule has 0 radical (unpaired) electrons. The molecule has 3 rings (SSSR count). The number of fused-ring (bicyclic) bond motifs is 1. The lowest BCUT2D eigenvalue weighted by Gasteiger charge is -2.18. The minimum absolute atomic E-state index is 0.168. The molecule has 2 atom stereocenters. The number of benzene rings is 1. The van der Waals surface area contributed by atoms with Gasteiger partial charge in [0.05, 0.1) is 0 Å². The fourth-order valence-electron chi connectivity index (χ4n) is 2.75. The van der Waals surface area contributed by atoms with Crippen LogP contribution < -0.4 is 5.32 Å². The molecule has 4 heteroatoms. The Morgan fingerprint density at radius 1 is 1.41 bits per heavy atom. The molecule has 17 heavy (non-hydrogen) atoms. The summed E-state index contributed by atoms with van der Waals surface area (Å²) in [6.45, 7) is 1.81. The van der Waals surface area contributed by atoms with Crippen molar-refractivity contribution in [3.8, 4) is 0 Å². The first-order valence-corrected chi connectivity index (χ1v) is 5.93. The predicted octanol–water partition coefficient (Wildman–Crippen LogP) is 0.957. The van der Waals surface area contributed by atoms with Gasteiger partial charge in [0.1, 0.15) is 0 Å². The number of nitrogens with zero attached hydrogens (tertiary/aromatic N) is 1. The minimum atomic E-state index is -1.66. The third kappa shape index (κ3) is 1.63. The van der Waals surface area contributed by atoms with Crippen LogP contribution in [-0.2, 0) is 11.3 Å². The second-order valence-corrected chi connectivity index (χ2v) is 4.86. The molecule has 0 spiro atoms. The van der Waals surface area contributed by atoms with E-state index < -0.39 is 5.67 Å². The predicted molar refractivity (Wildman–Crippen MR) is 62.1 cm³/mol. The van der Waals surface area contributed by atoms with Gasteiger partial charge < -0.3 is 10.2 Å². The number of likely N-dealkylation sites (tertiary alicyclic amines) is 1. The zero-order chi connectivity index (χ0) is 11.9. The van der Waals surface area contributed by atoms with Gasteiger partial charge in [0.25, 0.3) is 5.91 Å². The van der Waals surface area contributed by atoms with Gasteiger partial charge in [-0.2, -0.15) is 0 Å². The van der Waals surface area contributed by atoms with Crippen LogP contribution in [0.4, 0.5) is 4.39 Å². The molecule has 2 saturated heterocycles. The highest BCUT2D eigenvalue weighted by atomic mass is 19.1. The second-order valence-electron chi connectivity index (χ2n) is 4.86. The molecule has 0 aromatic heterocycles. The van der Waals surface area contributed by atoms with Crippen LogP contribution in [0.3, 0.4) is 0 Å². The molecular formula is C13H15FN2O. The van der Waals surface area contributed by atoms with Crippen molar-refractivity contribution in [1.82, 2.24) is 10.2 Å². The average molecular weight is 234 g/mol. The van der Waals surface area contributed by atoms with E-state index in [1.54, 1.807) is 4.90 Å². The van der Waals surface area contributed by atoms with E-state index in [9.17, 15) is 9.18 Å². The Labute approximate surface area is 99.6 Å². The van der Waals surface area contributed by atoms with Crippen molar-refractivity contribution in [1.29, 1.82) is 0 Å². The highest BCUT2D eigenvalue weighted by Crippen LogP contribution is 2.36. The van der Waals surface area contributed by atoms with Crippen LogP contribution in [0.15, 0.2) is 30.3 Å². The topological polar surface area (TPSA) is 32.3 Å². The summed E-state index contributed by atoms with van der Waals surface area (Å²) in [5, 5.41) is 2.96. The molecule has 0 bridgehead atoms. The van der Waals surface area contributed by atoms with Gasteiger partial charge in [0, 0.05) is 32.1 Å². The minimum Gasteiger partial charge on any atom is -0.335 e. The summed E-state index contributed by atoms with van der Waals surface area (Å²) in [5.41, 5.74) is -0.605. The first-order valence-electron chi connectivity index (χ1n) is 5.93. The molecule has 1 N–H and O–H groups in total. The standard InChI is InChI=1S/C13H15FN2O/c14-13-9-15-6-11(13)8-16(12(13)17)7-10-4-2-1-3-5-10/h1-5,11,15H,6-9H2/t11-,13+/m1/s1. The Balaban J connectivity index is 1.77. The summed E-state index contributed by atoms with van der Waals surface area (Å²) in [6.07, 6.45) is 0. The Hall–Kier alpha value is -1.42. The number of nitrogens with one attached hydrogen (secondary N) is 1. The van der Waals surface area contributed by atoms with E-state index in [0.717, 1.165) is 5.56 Å². The van der Waals surface area contributed by atoms with Crippen LogP contribution in [0.25, 0.3) is 0 Å². The Bertz CT molecular complexity index is 436. The third-order valence-electron chi connectivity index (χ3n) is 3.72. The molecule has 2 heterocycles. The van der Waals surface area contributed by atoms with E-state index in [0.29, 0.717) is 19.6 Å². The monoisotopic (exact) mass is 234 g/mol. The van der Waals surface area contributed by atoms with Gasteiger partial charge >= 0.3 is 0 Å². The molecule has 0 aliphatic carbocycles. The zero-order valence-electron chi connectivity index (χ0n) is 9.53. The molecule has 2 aliphatic heterocycles. The van der Waals surface area contributed by atoms with Gasteiger partial charge in [-0.15, -0.1) is 0 Å². The van der Waals surface area contributed by atoms with E-state index in [-0.39, 0.29) is 18.4 Å². The zero-order valence-corrected chi connectivity index (χ0v) is 9.53. The maximum Gasteiger partial charge on any atom is 0.262 e. The Morgan fingerprint density at radius 3 is 2.88 bits per heavy atom. The van der Waals surface area contributed by atoms with Crippen molar-refractivity contribution in [2.45, 2.75) is 12.2 Å². The number of rotatable bonds is 2. The summed E-state index contributed by atoms with van der Waals surface area (Å²) >= 11 is 0. The number of carbonyl (C=O) groups is 1. The van der Waals surface area contributed by atoms with Crippen molar-refractivity contribution in [2.75, 3.05) is 19.6 Å². The van der Waals surface area contributed by atoms with E-state index in [1.165, 1.54) is 0 Å². The van der Waals surface area contributed by atoms with E-state index >= 15 is 0 Å². The lowest BCUT2D eigenvalue weighted by atomic mass is 9.97. The van der Waals surface area contributed by atoms with Crippen molar-refractivity contribution < 1.29 is 9.18 Å². The van der Waals surface area contributed by atoms with Gasteiger partial charge in [0.15, 0.2) is 0 Å². The van der Waals surface area contributed by atoms with Gasteiger partial charge in [0.2, 0.25) is 5.67 Å². The van der Waals surface area contributed by atoms with Crippen LogP contribution in [0.2, 0.25) is 0 Å². The van der Waals surface area contributed by atoms with Crippen molar-refractivity contribution in [3.05, 3.63) is 35.9 Å². The molecule has 1 amide bonds. The molecule has 2 fully saturated rings. The first kappa shape index (κ1) is 10.7. The summed E-state index contributed by atoms with van der Waals surface area (Å²) in [5.74, 6) is -0.532. The SMILES string of the molecule is O=C1N(Cc2ccccc2)C[C@H]2CNC[C@@]12F. The van der Waals surface area contributed by atoms with E-state index in [4.69, 9.17) is 0 Å². The normalized spacial score (nSPS) is 31.9. The van der Waals surface area contributed by atoms with Gasteiger partial charge in [-0.3, -0.25) is 4.79 Å². The molecule has 3 nitrogen and oxygen atoms in total. The Morgan fingerprint density at radius 2 is 2.18 bits per heavy atom. The third-order valence-corrected chi connectivity index (χ3v) is 3.72. The molecular weight excluding hydrogens is 219 g/mol. The quantitative estimate of drug-likeness (QED) is 0.826. The molecule has 1 aromatic rings. The number of amides is 1. The summed E-state index contributed by atoms with van der Waals surface area (Å²) in [7, 11) is 0. The van der Waals surface area contributed by atoms with Gasteiger partial charge in [-0.25, -0.2) is 4.39 Å². The molecule has 0 unspecified atom stereocenters. The van der Waals surface area contributed by atoms with Crippen LogP contribution in [0, 0.1) is 5.92 Å². The van der Waals surface area contributed by atoms with Crippen molar-refractivity contribution in [2.24, 2.45) is 5.92 Å². The van der Waals surface area contributed by atoms with Crippen LogP contribution in [0.1, 0.15) is 5.56 Å². The lowest BCUT2D eigenvalue weighted by molar-refractivity contribution is -0.137. The summed E-state index contributed by atoms with van der Waals surface area (Å²) in [4.78, 5) is 13.7. The number of hydrogen-bond donors (Lipinski definition) is 1. The summed E-state index contributed by atoms with van der Waals surface area (Å²) < 4.78 is 14.4. The first-order chi connectivity index (χ1) is 8.20. The number of halogens is 1. The van der Waals surface area contributed by atoms with Crippen LogP contribution in [-0.4, -0.2) is 36.1 Å². The number of alkyl halides is 1. The molecule has 1 aromatic carbocycles. The van der Waals surface area contributed by atoms with Crippen LogP contribution >= 0.6 is 0 Å². The summed E-state index contributed by atoms with van der Waals surface area (Å²) in [6, 6.07) is 9.73. The highest BCUT2D eigenvalue weighted by molar-refractivity contribution is 5.88. The maximum atomic E-state index is 14.4. The van der Waals surface area contributed by atoms with E-state index in [2.05, 4.69) is 5.32 Å². The van der Waals surface area contributed by atoms with Gasteiger partial charge in [-0.1, -0.05) is 30.3 Å². The number of carbonyl (C=O) groups excluding carboxylic acids is 1. The molecule has 0 saturated carbocycles. The smallest absolute Gasteiger partial charge is 0.262 e. The van der Waals surface area contributed by atoms with Crippen molar-refractivity contribution in [3.63, 3.8) is 0 Å².